The van der Waals surface area contributed by atoms with E-state index < -0.39 is 8.32 Å². The van der Waals surface area contributed by atoms with E-state index in [0.29, 0.717) is 30.7 Å². The van der Waals surface area contributed by atoms with Crippen LogP contribution in [0.1, 0.15) is 49.7 Å². The molecular formula is C27H33N3O2SSi. The maximum atomic E-state index is 13.0. The van der Waals surface area contributed by atoms with E-state index in [0.717, 1.165) is 16.9 Å². The lowest BCUT2D eigenvalue weighted by atomic mass is 10.1. The molecule has 0 saturated carbocycles. The molecule has 34 heavy (non-hydrogen) atoms. The van der Waals surface area contributed by atoms with Gasteiger partial charge in [-0.2, -0.15) is 10.4 Å². The fraction of sp³-hybridized carbons (Fsp3) is 0.370. The van der Waals surface area contributed by atoms with Gasteiger partial charge in [0.2, 0.25) is 0 Å². The fourth-order valence-corrected chi connectivity index (χ4v) is 4.76. The van der Waals surface area contributed by atoms with Crippen LogP contribution in [0.3, 0.4) is 0 Å². The van der Waals surface area contributed by atoms with Crippen molar-refractivity contribution in [1.82, 2.24) is 9.78 Å². The summed E-state index contributed by atoms with van der Waals surface area (Å²) in [6.07, 6.45) is 3.11. The van der Waals surface area contributed by atoms with Crippen molar-refractivity contribution in [3.05, 3.63) is 65.9 Å². The van der Waals surface area contributed by atoms with Gasteiger partial charge in [-0.3, -0.25) is 4.79 Å². The molecule has 7 heteroatoms. The lowest BCUT2D eigenvalue weighted by molar-refractivity contribution is 0.0967. The van der Waals surface area contributed by atoms with Crippen LogP contribution in [0, 0.1) is 11.3 Å². The molecule has 0 radical (unpaired) electrons. The van der Waals surface area contributed by atoms with E-state index in [1.54, 1.807) is 28.6 Å². The van der Waals surface area contributed by atoms with Crippen molar-refractivity contribution in [3.8, 4) is 23.0 Å². The topological polar surface area (TPSA) is 67.9 Å². The number of carbonyl (C=O) groups excluding carboxylic acids is 1. The van der Waals surface area contributed by atoms with Crippen LogP contribution in [0.25, 0.3) is 16.9 Å². The predicted octanol–water partition coefficient (Wildman–Crippen LogP) is 7.12. The smallest absolute Gasteiger partial charge is 0.191 e. The summed E-state index contributed by atoms with van der Waals surface area (Å²) in [6.45, 7) is 11.7. The van der Waals surface area contributed by atoms with Crippen LogP contribution in [0.5, 0.6) is 0 Å². The maximum Gasteiger partial charge on any atom is 0.191 e. The van der Waals surface area contributed by atoms with Crippen LogP contribution in [-0.2, 0) is 4.43 Å². The number of rotatable bonds is 9. The van der Waals surface area contributed by atoms with Crippen molar-refractivity contribution in [3.63, 3.8) is 0 Å². The fourth-order valence-electron chi connectivity index (χ4n) is 3.26. The second-order valence-electron chi connectivity index (χ2n) is 9.85. The van der Waals surface area contributed by atoms with Crippen molar-refractivity contribution in [2.75, 3.05) is 12.9 Å². The van der Waals surface area contributed by atoms with Crippen molar-refractivity contribution in [2.45, 2.75) is 56.6 Å². The Morgan fingerprint density at radius 3 is 2.32 bits per heavy atom. The average Bonchev–Trinajstić information content (AvgIpc) is 3.26. The lowest BCUT2D eigenvalue weighted by Crippen LogP contribution is -2.41. The second-order valence-corrected chi connectivity index (χ2v) is 15.5. The highest BCUT2D eigenvalue weighted by Crippen LogP contribution is 2.36. The SMILES string of the molecule is CSc1ccc(-c2cc(C(=O)CCCO[Si](C)(C)C(C)(C)C)nn2-c2ccc(C#N)cc2)cc1. The Hall–Kier alpha value is -2.66. The molecule has 0 spiro atoms. The molecule has 0 N–H and O–H groups in total. The predicted molar refractivity (Wildman–Crippen MR) is 142 cm³/mol. The van der Waals surface area contributed by atoms with Gasteiger partial charge in [0.1, 0.15) is 5.69 Å². The number of hydrogen-bond donors (Lipinski definition) is 0. The van der Waals surface area contributed by atoms with Gasteiger partial charge >= 0.3 is 0 Å². The Morgan fingerprint density at radius 1 is 1.12 bits per heavy atom. The molecule has 0 unspecified atom stereocenters. The van der Waals surface area contributed by atoms with E-state index in [-0.39, 0.29) is 10.8 Å². The minimum Gasteiger partial charge on any atom is -0.417 e. The lowest BCUT2D eigenvalue weighted by Gasteiger charge is -2.36. The third-order valence-corrected chi connectivity index (χ3v) is 11.7. The van der Waals surface area contributed by atoms with Crippen molar-refractivity contribution < 1.29 is 9.22 Å². The standard InChI is InChI=1S/C27H33N3O2SSi/c1-27(2,3)34(5,6)32-17-7-8-26(31)24-18-25(21-11-15-23(33-4)16-12-21)30(29-24)22-13-9-20(19-28)10-14-22/h9-16,18H,7-8,17H2,1-6H3. The average molecular weight is 492 g/mol. The summed E-state index contributed by atoms with van der Waals surface area (Å²) >= 11 is 1.69. The molecule has 1 heterocycles. The summed E-state index contributed by atoms with van der Waals surface area (Å²) in [5.74, 6) is 0.00760. The molecule has 0 bridgehead atoms. The molecule has 0 aliphatic carbocycles. The van der Waals surface area contributed by atoms with Gasteiger partial charge in [-0.1, -0.05) is 32.9 Å². The van der Waals surface area contributed by atoms with Crippen LogP contribution in [-0.4, -0.2) is 36.7 Å². The highest BCUT2D eigenvalue weighted by molar-refractivity contribution is 7.98. The van der Waals surface area contributed by atoms with Crippen LogP contribution in [0.4, 0.5) is 0 Å². The number of hydrogen-bond acceptors (Lipinski definition) is 5. The molecule has 1 aromatic heterocycles. The molecule has 0 atom stereocenters. The van der Waals surface area contributed by atoms with Gasteiger partial charge in [0.25, 0.3) is 0 Å². The Balaban J connectivity index is 1.82. The third kappa shape index (κ3) is 6.06. The van der Waals surface area contributed by atoms with Crippen LogP contribution < -0.4 is 0 Å². The first kappa shape index (κ1) is 26.0. The van der Waals surface area contributed by atoms with E-state index in [1.165, 1.54) is 4.90 Å². The number of carbonyl (C=O) groups is 1. The molecule has 0 saturated heterocycles. The Kier molecular flexibility index (Phi) is 8.19. The minimum absolute atomic E-state index is 0.00760. The van der Waals surface area contributed by atoms with E-state index in [1.807, 2.05) is 36.6 Å². The molecule has 0 fully saturated rings. The zero-order chi connectivity index (χ0) is 24.9. The molecule has 0 amide bonds. The number of benzene rings is 2. The molecule has 0 aliphatic heterocycles. The highest BCUT2D eigenvalue weighted by atomic mass is 32.2. The first-order chi connectivity index (χ1) is 16.1. The van der Waals surface area contributed by atoms with E-state index in [9.17, 15) is 4.79 Å². The number of aromatic nitrogens is 2. The summed E-state index contributed by atoms with van der Waals surface area (Å²) in [4.78, 5) is 14.2. The number of thioether (sulfide) groups is 1. The number of nitriles is 1. The quantitative estimate of drug-likeness (QED) is 0.138. The summed E-state index contributed by atoms with van der Waals surface area (Å²) in [6, 6.07) is 19.5. The minimum atomic E-state index is -1.82. The molecular weight excluding hydrogens is 458 g/mol. The van der Waals surface area contributed by atoms with E-state index >= 15 is 0 Å². The first-order valence-electron chi connectivity index (χ1n) is 11.5. The summed E-state index contributed by atoms with van der Waals surface area (Å²) in [5.41, 5.74) is 3.66. The van der Waals surface area contributed by atoms with Gasteiger partial charge in [0.15, 0.2) is 14.1 Å². The number of ketones is 1. The van der Waals surface area contributed by atoms with Crippen LogP contribution in [0.15, 0.2) is 59.5 Å². The van der Waals surface area contributed by atoms with Gasteiger partial charge in [-0.05, 0) is 73.3 Å². The van der Waals surface area contributed by atoms with E-state index in [2.05, 4.69) is 57.2 Å². The van der Waals surface area contributed by atoms with Gasteiger partial charge in [-0.25, -0.2) is 4.68 Å². The molecule has 0 aliphatic rings. The zero-order valence-corrected chi connectivity index (χ0v) is 22.7. The monoisotopic (exact) mass is 491 g/mol. The Morgan fingerprint density at radius 2 is 1.76 bits per heavy atom. The van der Waals surface area contributed by atoms with Crippen LogP contribution in [0.2, 0.25) is 18.1 Å². The second kappa shape index (κ2) is 10.7. The number of nitrogens with zero attached hydrogens (tertiary/aromatic N) is 3. The van der Waals surface area contributed by atoms with Gasteiger partial charge in [-0.15, -0.1) is 11.8 Å². The Bertz CT molecular complexity index is 1170. The zero-order valence-electron chi connectivity index (χ0n) is 20.9. The summed E-state index contributed by atoms with van der Waals surface area (Å²) in [7, 11) is -1.82. The largest absolute Gasteiger partial charge is 0.417 e. The van der Waals surface area contributed by atoms with Gasteiger partial charge in [0.05, 0.1) is 23.0 Å². The molecule has 5 nitrogen and oxygen atoms in total. The molecule has 3 rings (SSSR count). The van der Waals surface area contributed by atoms with Crippen molar-refractivity contribution in [2.24, 2.45) is 0 Å². The summed E-state index contributed by atoms with van der Waals surface area (Å²) in [5, 5.41) is 13.9. The normalized spacial score (nSPS) is 11.9. The van der Waals surface area contributed by atoms with Crippen molar-refractivity contribution in [1.29, 1.82) is 5.26 Å². The molecule has 3 aromatic rings. The molecule has 178 valence electrons. The van der Waals surface area contributed by atoms with E-state index in [4.69, 9.17) is 9.69 Å². The number of Topliss-reactive ketones (excluding diaryl/α,β-unsaturated/α-hetero) is 1. The van der Waals surface area contributed by atoms with Gasteiger partial charge in [0, 0.05) is 23.5 Å². The van der Waals surface area contributed by atoms with Crippen LogP contribution >= 0.6 is 11.8 Å². The van der Waals surface area contributed by atoms with Gasteiger partial charge < -0.3 is 4.43 Å². The van der Waals surface area contributed by atoms with Crippen molar-refractivity contribution >= 4 is 25.9 Å². The maximum absolute atomic E-state index is 13.0. The first-order valence-corrected chi connectivity index (χ1v) is 15.6. The Labute approximate surface area is 208 Å². The molecule has 2 aromatic carbocycles. The third-order valence-electron chi connectivity index (χ3n) is 6.44. The highest BCUT2D eigenvalue weighted by Gasteiger charge is 2.36. The summed E-state index contributed by atoms with van der Waals surface area (Å²) < 4.78 is 8.01.